The Kier molecular flexibility index (Phi) is 7.19. The highest BCUT2D eigenvalue weighted by atomic mass is 16.5. The van der Waals surface area contributed by atoms with E-state index in [2.05, 4.69) is 32.8 Å². The maximum Gasteiger partial charge on any atom is 0.343 e. The number of hydrogen-bond donors (Lipinski definition) is 0. The van der Waals surface area contributed by atoms with E-state index in [1.165, 1.54) is 6.20 Å². The zero-order chi connectivity index (χ0) is 27.6. The molecule has 10 heteroatoms. The molecule has 0 saturated carbocycles. The molecule has 6 rings (SSSR count). The minimum Gasteiger partial charge on any atom is -0.462 e. The molecule has 40 heavy (non-hydrogen) atoms. The fourth-order valence-corrected chi connectivity index (χ4v) is 5.42. The number of methoxy groups -OCH3 is 1. The van der Waals surface area contributed by atoms with Gasteiger partial charge in [-0.15, -0.1) is 0 Å². The van der Waals surface area contributed by atoms with Crippen LogP contribution >= 0.6 is 0 Å². The van der Waals surface area contributed by atoms with Gasteiger partial charge in [0.05, 0.1) is 31.1 Å². The van der Waals surface area contributed by atoms with Crippen LogP contribution in [-0.4, -0.2) is 70.2 Å². The lowest BCUT2D eigenvalue weighted by Crippen LogP contribution is -2.36. The maximum atomic E-state index is 12.8. The number of benzene rings is 1. The highest BCUT2D eigenvalue weighted by molar-refractivity contribution is 5.96. The zero-order valence-electron chi connectivity index (χ0n) is 22.9. The predicted octanol–water partition coefficient (Wildman–Crippen LogP) is 4.49. The number of rotatable bonds is 8. The van der Waals surface area contributed by atoms with Gasteiger partial charge >= 0.3 is 5.97 Å². The molecule has 3 aromatic rings. The first-order chi connectivity index (χ1) is 19.6. The number of aromatic nitrogens is 5. The predicted molar refractivity (Wildman–Crippen MR) is 151 cm³/mol. The Labute approximate surface area is 232 Å². The van der Waals surface area contributed by atoms with Gasteiger partial charge in [-0.2, -0.15) is 9.61 Å². The van der Waals surface area contributed by atoms with Gasteiger partial charge < -0.3 is 23.7 Å². The van der Waals surface area contributed by atoms with Gasteiger partial charge in [0.1, 0.15) is 23.3 Å². The summed E-state index contributed by atoms with van der Waals surface area (Å²) >= 11 is 0. The second-order valence-corrected chi connectivity index (χ2v) is 9.89. The fourth-order valence-electron chi connectivity index (χ4n) is 5.42. The smallest absolute Gasteiger partial charge is 0.343 e. The Morgan fingerprint density at radius 2 is 2.00 bits per heavy atom. The van der Waals surface area contributed by atoms with Crippen molar-refractivity contribution in [2.75, 3.05) is 38.9 Å². The number of fused-ring (bicyclic) bond motifs is 2. The van der Waals surface area contributed by atoms with Crippen LogP contribution in [0, 0.1) is 0 Å². The highest BCUT2D eigenvalue weighted by Crippen LogP contribution is 2.37. The summed E-state index contributed by atoms with van der Waals surface area (Å²) in [6.45, 7) is 3.92. The SMILES string of the molecule is CCOC(=O)c1cnn2c(N(C)Cc3ccccc3)cc(-c3cnc4n(C5CCOCC5OC)cccc3-4)nc12. The van der Waals surface area contributed by atoms with E-state index in [-0.39, 0.29) is 18.8 Å². The molecule has 206 valence electrons. The van der Waals surface area contributed by atoms with Crippen LogP contribution in [0.25, 0.3) is 28.3 Å². The number of ether oxygens (including phenoxy) is 3. The van der Waals surface area contributed by atoms with Gasteiger partial charge in [0.15, 0.2) is 5.65 Å². The molecule has 1 aromatic carbocycles. The summed E-state index contributed by atoms with van der Waals surface area (Å²) in [6.07, 6.45) is 6.20. The van der Waals surface area contributed by atoms with Gasteiger partial charge in [0.25, 0.3) is 0 Å². The lowest BCUT2D eigenvalue weighted by Gasteiger charge is -2.33. The van der Waals surface area contributed by atoms with Crippen molar-refractivity contribution in [2.24, 2.45) is 0 Å². The van der Waals surface area contributed by atoms with Crippen molar-refractivity contribution in [3.8, 4) is 22.6 Å². The van der Waals surface area contributed by atoms with Crippen molar-refractivity contribution >= 4 is 17.4 Å². The van der Waals surface area contributed by atoms with Gasteiger partial charge in [0, 0.05) is 56.9 Å². The van der Waals surface area contributed by atoms with E-state index in [9.17, 15) is 4.79 Å². The summed E-state index contributed by atoms with van der Waals surface area (Å²) in [4.78, 5) is 24.7. The average molecular weight is 541 g/mol. The third-order valence-electron chi connectivity index (χ3n) is 7.41. The number of hydrogen-bond acceptors (Lipinski definition) is 8. The van der Waals surface area contributed by atoms with Gasteiger partial charge in [-0.05, 0) is 31.0 Å². The molecule has 0 bridgehead atoms. The molecule has 2 unspecified atom stereocenters. The van der Waals surface area contributed by atoms with Crippen molar-refractivity contribution in [3.63, 3.8) is 0 Å². The van der Waals surface area contributed by atoms with E-state index in [1.807, 2.05) is 49.8 Å². The molecule has 0 N–H and O–H groups in total. The topological polar surface area (TPSA) is 96.0 Å². The van der Waals surface area contributed by atoms with E-state index >= 15 is 0 Å². The minimum absolute atomic E-state index is 0.0591. The lowest BCUT2D eigenvalue weighted by molar-refractivity contribution is -0.0600. The normalized spacial score (nSPS) is 17.4. The number of nitrogens with zero attached hydrogens (tertiary/aromatic N) is 6. The summed E-state index contributed by atoms with van der Waals surface area (Å²) in [7, 11) is 3.72. The van der Waals surface area contributed by atoms with Crippen molar-refractivity contribution in [2.45, 2.75) is 32.0 Å². The molecular weight excluding hydrogens is 508 g/mol. The van der Waals surface area contributed by atoms with Crippen LogP contribution in [0.15, 0.2) is 67.1 Å². The molecule has 10 nitrogen and oxygen atoms in total. The Morgan fingerprint density at radius 3 is 2.80 bits per heavy atom. The van der Waals surface area contributed by atoms with E-state index in [1.54, 1.807) is 18.5 Å². The Hall–Kier alpha value is -4.28. The van der Waals surface area contributed by atoms with E-state index < -0.39 is 5.97 Å². The van der Waals surface area contributed by atoms with Gasteiger partial charge in [0.2, 0.25) is 0 Å². The molecule has 2 atom stereocenters. The Morgan fingerprint density at radius 1 is 1.15 bits per heavy atom. The van der Waals surface area contributed by atoms with E-state index in [0.717, 1.165) is 34.8 Å². The third kappa shape index (κ3) is 4.69. The van der Waals surface area contributed by atoms with Crippen molar-refractivity contribution in [1.82, 2.24) is 24.1 Å². The second kappa shape index (κ2) is 11.1. The molecule has 1 saturated heterocycles. The van der Waals surface area contributed by atoms with Gasteiger partial charge in [-0.25, -0.2) is 14.8 Å². The molecule has 2 aromatic heterocycles. The van der Waals surface area contributed by atoms with Crippen LogP contribution in [0.3, 0.4) is 0 Å². The Balaban J connectivity index is 1.46. The van der Waals surface area contributed by atoms with Crippen LogP contribution in [-0.2, 0) is 20.8 Å². The van der Waals surface area contributed by atoms with Crippen LogP contribution in [0.1, 0.15) is 35.3 Å². The summed E-state index contributed by atoms with van der Waals surface area (Å²) in [5.74, 6) is 1.19. The molecule has 0 aliphatic carbocycles. The molecule has 0 amide bonds. The maximum absolute atomic E-state index is 12.8. The third-order valence-corrected chi connectivity index (χ3v) is 7.41. The zero-order valence-corrected chi connectivity index (χ0v) is 22.9. The summed E-state index contributed by atoms with van der Waals surface area (Å²) in [5.41, 5.74) is 4.45. The lowest BCUT2D eigenvalue weighted by atomic mass is 10.0. The van der Waals surface area contributed by atoms with Crippen molar-refractivity contribution in [1.29, 1.82) is 0 Å². The first kappa shape index (κ1) is 26.0. The minimum atomic E-state index is -0.452. The molecule has 1 fully saturated rings. The largest absolute Gasteiger partial charge is 0.462 e. The molecular formula is C30H32N6O4. The van der Waals surface area contributed by atoms with Crippen molar-refractivity contribution in [3.05, 3.63) is 78.2 Å². The molecule has 0 spiro atoms. The van der Waals surface area contributed by atoms with Gasteiger partial charge in [-0.1, -0.05) is 30.3 Å². The van der Waals surface area contributed by atoms with Crippen molar-refractivity contribution < 1.29 is 19.0 Å². The molecule has 0 radical (unpaired) electrons. The number of carbonyl (C=O) groups excluding carboxylic acids is 1. The summed E-state index contributed by atoms with van der Waals surface area (Å²) in [5, 5.41) is 4.53. The Bertz CT molecular complexity index is 1600. The number of anilines is 1. The summed E-state index contributed by atoms with van der Waals surface area (Å²) < 4.78 is 20.6. The average Bonchev–Trinajstić information content (AvgIpc) is 3.62. The van der Waals surface area contributed by atoms with Crippen LogP contribution in [0.4, 0.5) is 5.82 Å². The molecule has 3 aliphatic rings. The van der Waals surface area contributed by atoms with Gasteiger partial charge in [-0.3, -0.25) is 0 Å². The first-order valence-electron chi connectivity index (χ1n) is 13.5. The number of esters is 1. The molecule has 3 aliphatic heterocycles. The van der Waals surface area contributed by atoms with E-state index in [0.29, 0.717) is 36.7 Å². The summed E-state index contributed by atoms with van der Waals surface area (Å²) in [6, 6.07) is 16.4. The fraction of sp³-hybridized carbons (Fsp3) is 0.333. The standard InChI is InChI=1S/C30H32N6O4/c1-4-40-30(37)23-17-32-36-27(34(2)18-20-9-6-5-7-10-20)15-24(33-29(23)36)22-16-31-28-21(22)11-8-13-35(28)25-12-14-39-19-26(25)38-3/h5-11,13,15-17,25-26H,4,12,14,18-19H2,1-3H3. The number of pyridine rings is 1. The first-order valence-corrected chi connectivity index (χ1v) is 13.5. The second-order valence-electron chi connectivity index (χ2n) is 9.89. The monoisotopic (exact) mass is 540 g/mol. The van der Waals surface area contributed by atoms with Crippen LogP contribution in [0.5, 0.6) is 0 Å². The van der Waals surface area contributed by atoms with E-state index in [4.69, 9.17) is 24.2 Å². The van der Waals surface area contributed by atoms with Crippen LogP contribution < -0.4 is 4.90 Å². The quantitative estimate of drug-likeness (QED) is 0.266. The number of carbonyl (C=O) groups is 1. The molecule has 5 heterocycles. The van der Waals surface area contributed by atoms with Crippen LogP contribution in [0.2, 0.25) is 0 Å². The highest BCUT2D eigenvalue weighted by Gasteiger charge is 2.30.